The molecule has 0 bridgehead atoms. The summed E-state index contributed by atoms with van der Waals surface area (Å²) in [4.78, 5) is 12.4. The lowest BCUT2D eigenvalue weighted by Crippen LogP contribution is -2.30. The van der Waals surface area contributed by atoms with E-state index in [1.54, 1.807) is 4.90 Å². The molecule has 0 radical (unpaired) electrons. The van der Waals surface area contributed by atoms with Gasteiger partial charge in [0, 0.05) is 19.1 Å². The number of hydrogen-bond donors (Lipinski definition) is 3. The van der Waals surface area contributed by atoms with Crippen molar-refractivity contribution in [2.24, 2.45) is 11.5 Å². The molecule has 1 aliphatic rings. The molecule has 0 aliphatic carbocycles. The summed E-state index contributed by atoms with van der Waals surface area (Å²) in [6, 6.07) is 0.0572. The average Bonchev–Trinajstić information content (AvgIpc) is 2.53. The first-order valence-corrected chi connectivity index (χ1v) is 4.33. The minimum absolute atomic E-state index is 0.0572. The van der Waals surface area contributed by atoms with E-state index in [1.807, 2.05) is 0 Å². The third-order valence-corrected chi connectivity index (χ3v) is 2.17. The molecule has 0 amide bonds. The van der Waals surface area contributed by atoms with Gasteiger partial charge in [-0.3, -0.25) is 0 Å². The largest absolute Gasteiger partial charge is 0.481 e. The number of carbonyl (C=O) groups is 1. The second kappa shape index (κ2) is 4.19. The first kappa shape index (κ1) is 10.6. The fourth-order valence-corrected chi connectivity index (χ4v) is 1.47. The highest BCUT2D eigenvalue weighted by atomic mass is 16.5. The molecule has 1 rings (SSSR count). The molecule has 1 saturated heterocycles. The summed E-state index contributed by atoms with van der Waals surface area (Å²) < 4.78 is 4.95. The number of methoxy groups -OCH3 is 1. The van der Waals surface area contributed by atoms with E-state index in [9.17, 15) is 4.79 Å². The van der Waals surface area contributed by atoms with Crippen LogP contribution in [0.1, 0.15) is 6.42 Å². The molecule has 0 unspecified atom stereocenters. The Balaban J connectivity index is 2.81. The second-order valence-corrected chi connectivity index (χ2v) is 3.22. The van der Waals surface area contributed by atoms with Crippen LogP contribution in [0.3, 0.4) is 0 Å². The van der Waals surface area contributed by atoms with Gasteiger partial charge in [-0.2, -0.15) is 0 Å². The molecule has 0 spiro atoms. The van der Waals surface area contributed by atoms with Gasteiger partial charge in [0.05, 0.1) is 7.11 Å². The van der Waals surface area contributed by atoms with Crippen LogP contribution in [0.2, 0.25) is 0 Å². The van der Waals surface area contributed by atoms with E-state index < -0.39 is 5.97 Å². The average molecular weight is 201 g/mol. The van der Waals surface area contributed by atoms with Crippen molar-refractivity contribution in [2.45, 2.75) is 12.5 Å². The summed E-state index contributed by atoms with van der Waals surface area (Å²) in [5.74, 6) is -0.979. The number of carboxylic acid groups (broad SMARTS) is 1. The van der Waals surface area contributed by atoms with Crippen molar-refractivity contribution in [3.63, 3.8) is 0 Å². The molecule has 1 heterocycles. The van der Waals surface area contributed by atoms with E-state index in [0.717, 1.165) is 6.42 Å². The van der Waals surface area contributed by atoms with Gasteiger partial charge in [-0.15, -0.1) is 0 Å². The van der Waals surface area contributed by atoms with Crippen molar-refractivity contribution in [3.8, 4) is 0 Å². The van der Waals surface area contributed by atoms with E-state index in [0.29, 0.717) is 13.1 Å². The Bertz CT molecular complexity index is 265. The molecule has 0 aromatic rings. The standard InChI is InChI=1S/C8H15N3O3/c1-14-7(6(10)8(12)13)11-3-2-5(9)4-11/h5H,2-4,9-10H2,1H3,(H,12,13)/b7-6-/t5-/m1/s1. The van der Waals surface area contributed by atoms with Gasteiger partial charge in [-0.1, -0.05) is 0 Å². The zero-order valence-corrected chi connectivity index (χ0v) is 8.06. The van der Waals surface area contributed by atoms with Gasteiger partial charge in [-0.05, 0) is 6.42 Å². The van der Waals surface area contributed by atoms with Crippen molar-refractivity contribution >= 4 is 5.97 Å². The molecule has 0 aromatic carbocycles. The summed E-state index contributed by atoms with van der Waals surface area (Å²) in [7, 11) is 1.40. The number of nitrogens with two attached hydrogens (primary N) is 2. The quantitative estimate of drug-likeness (QED) is 0.395. The second-order valence-electron chi connectivity index (χ2n) is 3.22. The fraction of sp³-hybridized carbons (Fsp3) is 0.625. The first-order valence-electron chi connectivity index (χ1n) is 4.33. The number of carboxylic acids is 1. The molecular weight excluding hydrogens is 186 g/mol. The maximum atomic E-state index is 10.6. The maximum absolute atomic E-state index is 10.6. The Morgan fingerprint density at radius 3 is 2.64 bits per heavy atom. The predicted molar refractivity (Wildman–Crippen MR) is 50.0 cm³/mol. The topological polar surface area (TPSA) is 102 Å². The van der Waals surface area contributed by atoms with Crippen LogP contribution in [-0.2, 0) is 9.53 Å². The van der Waals surface area contributed by atoms with Crippen molar-refractivity contribution in [3.05, 3.63) is 11.6 Å². The third kappa shape index (κ3) is 2.08. The third-order valence-electron chi connectivity index (χ3n) is 2.17. The molecule has 1 atom stereocenters. The van der Waals surface area contributed by atoms with Crippen LogP contribution < -0.4 is 11.5 Å². The molecule has 1 fully saturated rings. The van der Waals surface area contributed by atoms with Crippen LogP contribution in [0.15, 0.2) is 11.6 Å². The summed E-state index contributed by atoms with van der Waals surface area (Å²) in [5.41, 5.74) is 10.8. The lowest BCUT2D eigenvalue weighted by atomic mass is 10.3. The SMILES string of the molecule is CO/C(=C(\N)C(=O)O)N1CC[C@@H](N)C1. The summed E-state index contributed by atoms with van der Waals surface area (Å²) in [6.45, 7) is 1.26. The smallest absolute Gasteiger partial charge is 0.357 e. The fourth-order valence-electron chi connectivity index (χ4n) is 1.47. The minimum atomic E-state index is -1.18. The van der Waals surface area contributed by atoms with Gasteiger partial charge in [0.15, 0.2) is 5.70 Å². The molecule has 6 heteroatoms. The summed E-state index contributed by atoms with van der Waals surface area (Å²) in [6.07, 6.45) is 0.819. The maximum Gasteiger partial charge on any atom is 0.357 e. The number of nitrogens with zero attached hydrogens (tertiary/aromatic N) is 1. The molecule has 80 valence electrons. The monoisotopic (exact) mass is 201 g/mol. The van der Waals surface area contributed by atoms with Crippen molar-refractivity contribution in [2.75, 3.05) is 20.2 Å². The molecular formula is C8H15N3O3. The highest BCUT2D eigenvalue weighted by molar-refractivity contribution is 5.85. The molecule has 14 heavy (non-hydrogen) atoms. The zero-order chi connectivity index (χ0) is 10.7. The van der Waals surface area contributed by atoms with Crippen LogP contribution in [0.5, 0.6) is 0 Å². The van der Waals surface area contributed by atoms with E-state index >= 15 is 0 Å². The summed E-state index contributed by atoms with van der Waals surface area (Å²) >= 11 is 0. The molecule has 0 saturated carbocycles. The van der Waals surface area contributed by atoms with E-state index in [-0.39, 0.29) is 17.6 Å². The van der Waals surface area contributed by atoms with E-state index in [4.69, 9.17) is 21.3 Å². The number of ether oxygens (including phenoxy) is 1. The first-order chi connectivity index (χ1) is 6.56. The lowest BCUT2D eigenvalue weighted by Gasteiger charge is -2.20. The number of rotatable bonds is 3. The van der Waals surface area contributed by atoms with Gasteiger partial charge < -0.3 is 26.2 Å². The number of hydrogen-bond acceptors (Lipinski definition) is 5. The molecule has 0 aromatic heterocycles. The summed E-state index contributed by atoms with van der Waals surface area (Å²) in [5, 5.41) is 8.69. The van der Waals surface area contributed by atoms with Crippen LogP contribution in [-0.4, -0.2) is 42.2 Å². The number of likely N-dealkylation sites (tertiary alicyclic amines) is 1. The molecule has 6 nitrogen and oxygen atoms in total. The minimum Gasteiger partial charge on any atom is -0.481 e. The Morgan fingerprint density at radius 1 is 1.64 bits per heavy atom. The predicted octanol–water partition coefficient (Wildman–Crippen LogP) is -1.12. The van der Waals surface area contributed by atoms with Crippen molar-refractivity contribution in [1.82, 2.24) is 4.90 Å². The van der Waals surface area contributed by atoms with E-state index in [2.05, 4.69) is 0 Å². The van der Waals surface area contributed by atoms with Gasteiger partial charge in [-0.25, -0.2) is 4.79 Å². The van der Waals surface area contributed by atoms with Crippen LogP contribution >= 0.6 is 0 Å². The number of aliphatic carboxylic acids is 1. The van der Waals surface area contributed by atoms with Gasteiger partial charge in [0.2, 0.25) is 5.88 Å². The van der Waals surface area contributed by atoms with Crippen LogP contribution in [0, 0.1) is 0 Å². The normalized spacial score (nSPS) is 23.3. The van der Waals surface area contributed by atoms with Crippen molar-refractivity contribution < 1.29 is 14.6 Å². The Kier molecular flexibility index (Phi) is 3.19. The zero-order valence-electron chi connectivity index (χ0n) is 8.06. The highest BCUT2D eigenvalue weighted by Crippen LogP contribution is 2.16. The Labute approximate surface area is 82.1 Å². The van der Waals surface area contributed by atoms with Crippen molar-refractivity contribution in [1.29, 1.82) is 0 Å². The Hall–Kier alpha value is -1.43. The Morgan fingerprint density at radius 2 is 2.29 bits per heavy atom. The molecule has 1 aliphatic heterocycles. The van der Waals surface area contributed by atoms with E-state index in [1.165, 1.54) is 7.11 Å². The van der Waals surface area contributed by atoms with Crippen LogP contribution in [0.4, 0.5) is 0 Å². The highest BCUT2D eigenvalue weighted by Gasteiger charge is 2.25. The van der Waals surface area contributed by atoms with Crippen LogP contribution in [0.25, 0.3) is 0 Å². The van der Waals surface area contributed by atoms with Gasteiger partial charge in [0.1, 0.15) is 0 Å². The lowest BCUT2D eigenvalue weighted by molar-refractivity contribution is -0.133. The molecule has 5 N–H and O–H groups in total. The van der Waals surface area contributed by atoms with Gasteiger partial charge >= 0.3 is 5.97 Å². The van der Waals surface area contributed by atoms with Gasteiger partial charge in [0.25, 0.3) is 0 Å².